The van der Waals surface area contributed by atoms with Crippen LogP contribution in [0.5, 0.6) is 5.75 Å². The number of quaternary nitrogens is 1. The van der Waals surface area contributed by atoms with Gasteiger partial charge in [0, 0.05) is 10.6 Å². The van der Waals surface area contributed by atoms with Crippen molar-refractivity contribution in [2.75, 3.05) is 0 Å². The van der Waals surface area contributed by atoms with E-state index in [1.165, 1.54) is 5.56 Å². The van der Waals surface area contributed by atoms with E-state index in [0.29, 0.717) is 6.61 Å². The molecule has 0 heterocycles. The summed E-state index contributed by atoms with van der Waals surface area (Å²) in [7, 11) is 0. The van der Waals surface area contributed by atoms with Gasteiger partial charge in [0.05, 0.1) is 0 Å². The first-order valence-corrected chi connectivity index (χ1v) is 9.52. The van der Waals surface area contributed by atoms with Gasteiger partial charge in [-0.05, 0) is 54.4 Å². The molecule has 0 aliphatic heterocycles. The molecule has 3 N–H and O–H groups in total. The van der Waals surface area contributed by atoms with Gasteiger partial charge in [-0.3, -0.25) is 0 Å². The second kappa shape index (κ2) is 9.56. The number of ether oxygens (including phenoxy) is 1. The quantitative estimate of drug-likeness (QED) is 0.616. The molecule has 0 saturated carbocycles. The van der Waals surface area contributed by atoms with Gasteiger partial charge >= 0.3 is 0 Å². The number of rotatable bonds is 8. The Labute approximate surface area is 165 Å². The van der Waals surface area contributed by atoms with Crippen LogP contribution in [0.3, 0.4) is 0 Å². The van der Waals surface area contributed by atoms with E-state index in [1.807, 2.05) is 73.7 Å². The number of nitrogens with two attached hydrogens (primary N) is 1. The summed E-state index contributed by atoms with van der Waals surface area (Å²) in [5, 5.41) is 13.3. The lowest BCUT2D eigenvalue weighted by molar-refractivity contribution is -0.709. The predicted octanol–water partition coefficient (Wildman–Crippen LogP) is 4.10. The van der Waals surface area contributed by atoms with Crippen molar-refractivity contribution >= 4 is 11.6 Å². The van der Waals surface area contributed by atoms with Crippen molar-refractivity contribution in [2.45, 2.75) is 32.2 Å². The first-order chi connectivity index (χ1) is 13.1. The lowest BCUT2D eigenvalue weighted by atomic mass is 10.0. The fourth-order valence-corrected chi connectivity index (χ4v) is 3.00. The molecule has 0 fully saturated rings. The zero-order chi connectivity index (χ0) is 19.1. The Morgan fingerprint density at radius 1 is 0.889 bits per heavy atom. The average molecular weight is 383 g/mol. The summed E-state index contributed by atoms with van der Waals surface area (Å²) >= 11 is 5.89. The van der Waals surface area contributed by atoms with Gasteiger partial charge in [0.1, 0.15) is 31.0 Å². The third-order valence-corrected chi connectivity index (χ3v) is 4.86. The molecule has 0 aliphatic carbocycles. The van der Waals surface area contributed by atoms with Crippen molar-refractivity contribution < 1.29 is 15.2 Å². The maximum atomic E-state index is 10.4. The molecule has 4 heteroatoms. The SMILES string of the molecule is C[C@H]([NH2+]Cc1ccc(OCc2ccc(Cl)cc2)cc1)[C@H](O)c1ccccc1. The Bertz CT molecular complexity index is 819. The maximum Gasteiger partial charge on any atom is 0.130 e. The molecule has 140 valence electrons. The van der Waals surface area contributed by atoms with E-state index < -0.39 is 6.10 Å². The van der Waals surface area contributed by atoms with Crippen LogP contribution in [0.25, 0.3) is 0 Å². The van der Waals surface area contributed by atoms with Gasteiger partial charge in [-0.15, -0.1) is 0 Å². The van der Waals surface area contributed by atoms with Crippen molar-refractivity contribution in [3.8, 4) is 5.75 Å². The highest BCUT2D eigenvalue weighted by Crippen LogP contribution is 2.16. The fourth-order valence-electron chi connectivity index (χ4n) is 2.87. The highest BCUT2D eigenvalue weighted by atomic mass is 35.5. The van der Waals surface area contributed by atoms with E-state index in [9.17, 15) is 5.11 Å². The predicted molar refractivity (Wildman–Crippen MR) is 109 cm³/mol. The first-order valence-electron chi connectivity index (χ1n) is 9.14. The van der Waals surface area contributed by atoms with Crippen LogP contribution in [0.15, 0.2) is 78.9 Å². The van der Waals surface area contributed by atoms with E-state index >= 15 is 0 Å². The lowest BCUT2D eigenvalue weighted by Crippen LogP contribution is -2.88. The summed E-state index contributed by atoms with van der Waals surface area (Å²) in [5.74, 6) is 0.839. The van der Waals surface area contributed by atoms with E-state index in [2.05, 4.69) is 17.4 Å². The monoisotopic (exact) mass is 382 g/mol. The molecule has 3 rings (SSSR count). The molecule has 2 atom stereocenters. The van der Waals surface area contributed by atoms with E-state index in [4.69, 9.17) is 16.3 Å². The zero-order valence-electron chi connectivity index (χ0n) is 15.4. The van der Waals surface area contributed by atoms with Crippen LogP contribution in [0.1, 0.15) is 29.7 Å². The van der Waals surface area contributed by atoms with Crippen LogP contribution in [-0.4, -0.2) is 11.1 Å². The summed E-state index contributed by atoms with van der Waals surface area (Å²) in [6.45, 7) is 3.37. The van der Waals surface area contributed by atoms with Crippen molar-refractivity contribution in [3.63, 3.8) is 0 Å². The Morgan fingerprint density at radius 3 is 2.19 bits per heavy atom. The summed E-state index contributed by atoms with van der Waals surface area (Å²) in [4.78, 5) is 0. The van der Waals surface area contributed by atoms with Crippen LogP contribution >= 0.6 is 11.6 Å². The minimum Gasteiger partial charge on any atom is -0.489 e. The summed E-state index contributed by atoms with van der Waals surface area (Å²) in [5.41, 5.74) is 3.23. The van der Waals surface area contributed by atoms with Crippen LogP contribution < -0.4 is 10.1 Å². The van der Waals surface area contributed by atoms with Gasteiger partial charge in [0.25, 0.3) is 0 Å². The van der Waals surface area contributed by atoms with Gasteiger partial charge in [-0.1, -0.05) is 54.1 Å². The maximum absolute atomic E-state index is 10.4. The zero-order valence-corrected chi connectivity index (χ0v) is 16.1. The molecule has 0 spiro atoms. The molecule has 3 aromatic carbocycles. The molecular formula is C23H25ClNO2+. The highest BCUT2D eigenvalue weighted by molar-refractivity contribution is 6.30. The van der Waals surface area contributed by atoms with Crippen LogP contribution in [0, 0.1) is 0 Å². The van der Waals surface area contributed by atoms with Crippen LogP contribution in [0.4, 0.5) is 0 Å². The second-order valence-corrected chi connectivity index (χ2v) is 7.15. The van der Waals surface area contributed by atoms with Gasteiger partial charge in [0.15, 0.2) is 0 Å². The largest absolute Gasteiger partial charge is 0.489 e. The summed E-state index contributed by atoms with van der Waals surface area (Å²) < 4.78 is 5.82. The fraction of sp³-hybridized carbons (Fsp3) is 0.217. The second-order valence-electron chi connectivity index (χ2n) is 6.71. The minimum absolute atomic E-state index is 0.0771. The number of aliphatic hydroxyl groups excluding tert-OH is 1. The molecule has 3 nitrogen and oxygen atoms in total. The lowest BCUT2D eigenvalue weighted by Gasteiger charge is -2.18. The van der Waals surface area contributed by atoms with Gasteiger partial charge in [-0.2, -0.15) is 0 Å². The molecule has 0 amide bonds. The van der Waals surface area contributed by atoms with Crippen molar-refractivity contribution in [1.29, 1.82) is 0 Å². The smallest absolute Gasteiger partial charge is 0.130 e. The number of hydrogen-bond acceptors (Lipinski definition) is 2. The third kappa shape index (κ3) is 5.83. The Morgan fingerprint density at radius 2 is 1.52 bits per heavy atom. The molecule has 0 aromatic heterocycles. The molecule has 0 unspecified atom stereocenters. The molecular weight excluding hydrogens is 358 g/mol. The van der Waals surface area contributed by atoms with E-state index in [-0.39, 0.29) is 6.04 Å². The normalized spacial score (nSPS) is 13.1. The molecule has 3 aromatic rings. The standard InChI is InChI=1S/C23H24ClNO2/c1-17(23(26)20-5-3-2-4-6-20)25-15-18-9-13-22(14-10-18)27-16-19-7-11-21(24)12-8-19/h2-14,17,23,25-26H,15-16H2,1H3/p+1/t17-,23-/m0/s1. The summed E-state index contributed by atoms with van der Waals surface area (Å²) in [6, 6.07) is 25.6. The third-order valence-electron chi connectivity index (χ3n) is 4.61. The van der Waals surface area contributed by atoms with Crippen LogP contribution in [-0.2, 0) is 13.2 Å². The number of aliphatic hydroxyl groups is 1. The number of halogens is 1. The number of hydrogen-bond donors (Lipinski definition) is 2. The molecule has 0 bridgehead atoms. The average Bonchev–Trinajstić information content (AvgIpc) is 2.72. The van der Waals surface area contributed by atoms with E-state index in [1.54, 1.807) is 0 Å². The first kappa shape index (κ1) is 19.4. The molecule has 0 aliphatic rings. The molecule has 0 saturated heterocycles. The van der Waals surface area contributed by atoms with Crippen molar-refractivity contribution in [1.82, 2.24) is 0 Å². The number of benzene rings is 3. The van der Waals surface area contributed by atoms with Gasteiger partial charge in [-0.25, -0.2) is 0 Å². The van der Waals surface area contributed by atoms with Gasteiger partial charge < -0.3 is 15.2 Å². The Hall–Kier alpha value is -2.33. The molecule has 27 heavy (non-hydrogen) atoms. The highest BCUT2D eigenvalue weighted by Gasteiger charge is 2.18. The topological polar surface area (TPSA) is 46.1 Å². The van der Waals surface area contributed by atoms with E-state index in [0.717, 1.165) is 28.4 Å². The molecule has 0 radical (unpaired) electrons. The summed E-state index contributed by atoms with van der Waals surface area (Å²) in [6.07, 6.45) is -0.479. The van der Waals surface area contributed by atoms with Crippen molar-refractivity contribution in [2.24, 2.45) is 0 Å². The Balaban J connectivity index is 1.48. The minimum atomic E-state index is -0.479. The Kier molecular flexibility index (Phi) is 6.88. The van der Waals surface area contributed by atoms with Crippen molar-refractivity contribution in [3.05, 3.63) is 101 Å². The van der Waals surface area contributed by atoms with Gasteiger partial charge in [0.2, 0.25) is 0 Å². The van der Waals surface area contributed by atoms with Crippen LogP contribution in [0.2, 0.25) is 5.02 Å².